The lowest BCUT2D eigenvalue weighted by Gasteiger charge is -2.31. The summed E-state index contributed by atoms with van der Waals surface area (Å²) in [6.07, 6.45) is 0. The SMILES string of the molecule is CC(C)C(=O)OCOC(=O)SC(C)(C)[C@@H](NC(=O)c1ccccc1)C(=O)OCc1ccccc1. The van der Waals surface area contributed by atoms with E-state index in [1.807, 2.05) is 18.2 Å². The molecule has 1 atom stereocenters. The maximum atomic E-state index is 13.0. The summed E-state index contributed by atoms with van der Waals surface area (Å²) in [7, 11) is 0. The topological polar surface area (TPSA) is 108 Å². The Morgan fingerprint density at radius 3 is 2.03 bits per heavy atom. The van der Waals surface area contributed by atoms with E-state index in [0.29, 0.717) is 17.3 Å². The quantitative estimate of drug-likeness (QED) is 0.390. The number of hydrogen-bond donors (Lipinski definition) is 1. The summed E-state index contributed by atoms with van der Waals surface area (Å²) in [6, 6.07) is 16.3. The van der Waals surface area contributed by atoms with Crippen LogP contribution in [0.1, 0.15) is 43.6 Å². The van der Waals surface area contributed by atoms with E-state index in [2.05, 4.69) is 5.32 Å². The van der Waals surface area contributed by atoms with Crippen LogP contribution in [0.5, 0.6) is 0 Å². The average molecular weight is 488 g/mol. The van der Waals surface area contributed by atoms with Gasteiger partial charge in [0.2, 0.25) is 6.79 Å². The van der Waals surface area contributed by atoms with Crippen LogP contribution in [-0.4, -0.2) is 40.7 Å². The minimum atomic E-state index is -1.18. The minimum Gasteiger partial charge on any atom is -0.459 e. The maximum absolute atomic E-state index is 13.0. The predicted octanol–water partition coefficient (Wildman–Crippen LogP) is 4.33. The third kappa shape index (κ3) is 8.55. The first-order valence-electron chi connectivity index (χ1n) is 10.7. The summed E-state index contributed by atoms with van der Waals surface area (Å²) in [5, 5.41) is 1.91. The monoisotopic (exact) mass is 487 g/mol. The average Bonchev–Trinajstić information content (AvgIpc) is 2.81. The largest absolute Gasteiger partial charge is 0.459 e. The molecule has 0 spiro atoms. The fourth-order valence-corrected chi connectivity index (χ4v) is 3.55. The van der Waals surface area contributed by atoms with Gasteiger partial charge in [0.05, 0.1) is 10.7 Å². The summed E-state index contributed by atoms with van der Waals surface area (Å²) in [4.78, 5) is 49.7. The van der Waals surface area contributed by atoms with E-state index < -0.39 is 40.7 Å². The number of esters is 2. The summed E-state index contributed by atoms with van der Waals surface area (Å²) in [5.41, 5.74) is 1.13. The van der Waals surface area contributed by atoms with Crippen LogP contribution in [0.25, 0.3) is 0 Å². The van der Waals surface area contributed by atoms with Crippen LogP contribution >= 0.6 is 11.8 Å². The molecule has 0 saturated carbocycles. The first kappa shape index (κ1) is 26.9. The molecule has 0 aliphatic heterocycles. The highest BCUT2D eigenvalue weighted by atomic mass is 32.2. The molecule has 34 heavy (non-hydrogen) atoms. The number of benzene rings is 2. The van der Waals surface area contributed by atoms with E-state index in [-0.39, 0.29) is 12.5 Å². The van der Waals surface area contributed by atoms with Crippen molar-refractivity contribution in [1.29, 1.82) is 0 Å². The molecule has 0 bridgehead atoms. The Hall–Kier alpha value is -3.33. The normalized spacial score (nSPS) is 11.9. The summed E-state index contributed by atoms with van der Waals surface area (Å²) < 4.78 is 14.1. The lowest BCUT2D eigenvalue weighted by molar-refractivity contribution is -0.155. The van der Waals surface area contributed by atoms with Crippen molar-refractivity contribution in [3.8, 4) is 0 Å². The van der Waals surface area contributed by atoms with Crippen LogP contribution in [-0.2, 0) is 30.4 Å². The van der Waals surface area contributed by atoms with Gasteiger partial charge in [0.25, 0.3) is 5.91 Å². The molecule has 0 aliphatic carbocycles. The number of rotatable bonds is 10. The number of carbonyl (C=O) groups is 4. The molecule has 1 N–H and O–H groups in total. The van der Waals surface area contributed by atoms with Gasteiger partial charge in [-0.1, -0.05) is 62.4 Å². The Labute approximate surface area is 203 Å². The first-order valence-corrected chi connectivity index (χ1v) is 11.5. The van der Waals surface area contributed by atoms with Gasteiger partial charge in [0.15, 0.2) is 0 Å². The van der Waals surface area contributed by atoms with Crippen molar-refractivity contribution in [3.05, 3.63) is 71.8 Å². The third-order valence-electron chi connectivity index (χ3n) is 4.66. The molecular formula is C25H29NO7S. The van der Waals surface area contributed by atoms with E-state index in [9.17, 15) is 19.2 Å². The number of thioether (sulfide) groups is 1. The molecule has 0 fully saturated rings. The summed E-state index contributed by atoms with van der Waals surface area (Å²) in [6.45, 7) is 6.00. The Balaban J connectivity index is 2.10. The predicted molar refractivity (Wildman–Crippen MR) is 128 cm³/mol. The molecule has 0 aliphatic rings. The third-order valence-corrected chi connectivity index (χ3v) is 5.71. The number of hydrogen-bond acceptors (Lipinski definition) is 8. The summed E-state index contributed by atoms with van der Waals surface area (Å²) >= 11 is 0.689. The van der Waals surface area contributed by atoms with Gasteiger partial charge in [0.1, 0.15) is 12.6 Å². The standard InChI is InChI=1S/C25H29NO7S/c1-17(2)22(28)32-16-33-24(30)34-25(3,4)20(26-21(27)19-13-9-6-10-14-19)23(29)31-15-18-11-7-5-8-12-18/h5-14,17,20H,15-16H2,1-4H3,(H,26,27)/t20-/m0/s1. The van der Waals surface area contributed by atoms with Crippen LogP contribution in [0, 0.1) is 5.92 Å². The zero-order chi connectivity index (χ0) is 25.1. The molecule has 1 amide bonds. The van der Waals surface area contributed by atoms with Crippen molar-refractivity contribution < 1.29 is 33.4 Å². The number of nitrogens with one attached hydrogen (secondary N) is 1. The van der Waals surface area contributed by atoms with Crippen molar-refractivity contribution in [3.63, 3.8) is 0 Å². The van der Waals surface area contributed by atoms with Crippen molar-refractivity contribution in [2.75, 3.05) is 6.79 Å². The van der Waals surface area contributed by atoms with Gasteiger partial charge >= 0.3 is 17.2 Å². The molecule has 2 aromatic rings. The number of amides is 1. The second-order valence-corrected chi connectivity index (χ2v) is 9.79. The zero-order valence-electron chi connectivity index (χ0n) is 19.6. The molecule has 0 heterocycles. The van der Waals surface area contributed by atoms with E-state index in [1.165, 1.54) is 0 Å². The Morgan fingerprint density at radius 1 is 0.853 bits per heavy atom. The van der Waals surface area contributed by atoms with Gasteiger partial charge in [-0.2, -0.15) is 0 Å². The van der Waals surface area contributed by atoms with Crippen LogP contribution < -0.4 is 5.32 Å². The first-order chi connectivity index (χ1) is 16.1. The highest BCUT2D eigenvalue weighted by Gasteiger charge is 2.41. The van der Waals surface area contributed by atoms with Crippen LogP contribution in [0.15, 0.2) is 60.7 Å². The number of carbonyl (C=O) groups excluding carboxylic acids is 4. The molecule has 0 radical (unpaired) electrons. The van der Waals surface area contributed by atoms with E-state index in [0.717, 1.165) is 5.56 Å². The van der Waals surface area contributed by atoms with Crippen molar-refractivity contribution in [2.24, 2.45) is 5.92 Å². The molecular weight excluding hydrogens is 458 g/mol. The van der Waals surface area contributed by atoms with Crippen molar-refractivity contribution in [1.82, 2.24) is 5.32 Å². The van der Waals surface area contributed by atoms with Gasteiger partial charge in [-0.3, -0.25) is 9.59 Å². The van der Waals surface area contributed by atoms with E-state index in [1.54, 1.807) is 70.2 Å². The lowest BCUT2D eigenvalue weighted by Crippen LogP contribution is -2.53. The van der Waals surface area contributed by atoms with Crippen LogP contribution in [0.3, 0.4) is 0 Å². The fourth-order valence-electron chi connectivity index (χ4n) is 2.74. The van der Waals surface area contributed by atoms with Gasteiger partial charge in [-0.15, -0.1) is 0 Å². The van der Waals surface area contributed by atoms with Gasteiger partial charge in [-0.25, -0.2) is 9.59 Å². The molecule has 9 heteroatoms. The molecule has 0 saturated heterocycles. The highest BCUT2D eigenvalue weighted by molar-refractivity contribution is 8.14. The van der Waals surface area contributed by atoms with Gasteiger partial charge in [0, 0.05) is 5.56 Å². The summed E-state index contributed by atoms with van der Waals surface area (Å²) in [5.74, 6) is -2.06. The lowest BCUT2D eigenvalue weighted by atomic mass is 10.0. The van der Waals surface area contributed by atoms with E-state index in [4.69, 9.17) is 14.2 Å². The minimum absolute atomic E-state index is 0.00767. The Morgan fingerprint density at radius 2 is 1.44 bits per heavy atom. The highest BCUT2D eigenvalue weighted by Crippen LogP contribution is 2.31. The zero-order valence-corrected chi connectivity index (χ0v) is 20.4. The Kier molecular flexibility index (Phi) is 10.1. The molecule has 2 rings (SSSR count). The molecule has 0 aromatic heterocycles. The molecule has 0 unspecified atom stereocenters. The Bertz CT molecular complexity index is 977. The molecule has 182 valence electrons. The van der Waals surface area contributed by atoms with Crippen molar-refractivity contribution in [2.45, 2.75) is 45.1 Å². The van der Waals surface area contributed by atoms with E-state index >= 15 is 0 Å². The fraction of sp³-hybridized carbons (Fsp3) is 0.360. The number of ether oxygens (including phenoxy) is 3. The smallest absolute Gasteiger partial charge is 0.370 e. The second kappa shape index (κ2) is 12.8. The maximum Gasteiger partial charge on any atom is 0.370 e. The van der Waals surface area contributed by atoms with Crippen LogP contribution in [0.4, 0.5) is 4.79 Å². The van der Waals surface area contributed by atoms with Gasteiger partial charge < -0.3 is 19.5 Å². The van der Waals surface area contributed by atoms with Crippen molar-refractivity contribution >= 4 is 34.9 Å². The van der Waals surface area contributed by atoms with Gasteiger partial charge in [-0.05, 0) is 43.3 Å². The molecule has 2 aromatic carbocycles. The van der Waals surface area contributed by atoms with Crippen LogP contribution in [0.2, 0.25) is 0 Å². The second-order valence-electron chi connectivity index (χ2n) is 8.20. The molecule has 8 nitrogen and oxygen atoms in total.